The van der Waals surface area contributed by atoms with Crippen LogP contribution in [0.25, 0.3) is 6.08 Å². The van der Waals surface area contributed by atoms with Crippen molar-refractivity contribution in [1.82, 2.24) is 0 Å². The molecular formula is C23H24N2O5S. The molecule has 0 bridgehead atoms. The molecule has 162 valence electrons. The Bertz CT molecular complexity index is 1060. The van der Waals surface area contributed by atoms with E-state index in [1.807, 2.05) is 13.0 Å². The number of hydrogen-bond donors (Lipinski definition) is 1. The molecule has 0 spiro atoms. The molecule has 0 radical (unpaired) electrons. The monoisotopic (exact) mass is 440 g/mol. The number of carbonyl (C=O) groups excluding carboxylic acids is 2. The Morgan fingerprint density at radius 3 is 2.68 bits per heavy atom. The third-order valence-electron chi connectivity index (χ3n) is 4.95. The SMILES string of the molecule is CCOc1ccc(/C=C(\C#N)C(=O)Nc2sc3c(c2C(=O)OC)CCCC3)cc1OC. The van der Waals surface area contributed by atoms with Gasteiger partial charge >= 0.3 is 5.97 Å². The topological polar surface area (TPSA) is 97.7 Å². The molecule has 1 aromatic carbocycles. The number of benzene rings is 1. The Morgan fingerprint density at radius 2 is 2.00 bits per heavy atom. The largest absolute Gasteiger partial charge is 0.493 e. The first kappa shape index (κ1) is 22.4. The van der Waals surface area contributed by atoms with Gasteiger partial charge in [0, 0.05) is 4.88 Å². The van der Waals surface area contributed by atoms with Gasteiger partial charge in [-0.25, -0.2) is 4.79 Å². The lowest BCUT2D eigenvalue weighted by molar-refractivity contribution is -0.112. The number of nitrogens with one attached hydrogen (secondary N) is 1. The van der Waals surface area contributed by atoms with Gasteiger partial charge in [0.05, 0.1) is 26.4 Å². The number of thiophene rings is 1. The van der Waals surface area contributed by atoms with Crippen LogP contribution in [0.15, 0.2) is 23.8 Å². The lowest BCUT2D eigenvalue weighted by Gasteiger charge is -2.11. The highest BCUT2D eigenvalue weighted by atomic mass is 32.1. The zero-order valence-electron chi connectivity index (χ0n) is 17.7. The van der Waals surface area contributed by atoms with Crippen LogP contribution in [0.2, 0.25) is 0 Å². The van der Waals surface area contributed by atoms with Gasteiger partial charge in [0.2, 0.25) is 0 Å². The van der Waals surface area contributed by atoms with E-state index < -0.39 is 11.9 Å². The van der Waals surface area contributed by atoms with Crippen LogP contribution in [0.4, 0.5) is 5.00 Å². The first-order valence-corrected chi connectivity index (χ1v) is 10.8. The summed E-state index contributed by atoms with van der Waals surface area (Å²) < 4.78 is 15.8. The lowest BCUT2D eigenvalue weighted by Crippen LogP contribution is -2.16. The molecule has 1 aromatic heterocycles. The molecule has 0 saturated heterocycles. The van der Waals surface area contributed by atoms with Gasteiger partial charge in [-0.05, 0) is 61.9 Å². The minimum Gasteiger partial charge on any atom is -0.493 e. The van der Waals surface area contributed by atoms with Crippen LogP contribution in [0.5, 0.6) is 11.5 Å². The fourth-order valence-corrected chi connectivity index (χ4v) is 4.78. The number of methoxy groups -OCH3 is 2. The zero-order valence-corrected chi connectivity index (χ0v) is 18.6. The number of hydrogen-bond acceptors (Lipinski definition) is 7. The molecule has 1 heterocycles. The number of rotatable bonds is 7. The van der Waals surface area contributed by atoms with E-state index >= 15 is 0 Å². The first-order valence-electron chi connectivity index (χ1n) is 9.99. The van der Waals surface area contributed by atoms with Gasteiger partial charge in [-0.15, -0.1) is 11.3 Å². The molecule has 7 nitrogen and oxygen atoms in total. The number of nitrogens with zero attached hydrogens (tertiary/aromatic N) is 1. The molecule has 1 N–H and O–H groups in total. The summed E-state index contributed by atoms with van der Waals surface area (Å²) in [6, 6.07) is 7.10. The van der Waals surface area contributed by atoms with Crippen molar-refractivity contribution in [2.45, 2.75) is 32.6 Å². The quantitative estimate of drug-likeness (QED) is 0.390. The van der Waals surface area contributed by atoms with E-state index in [1.54, 1.807) is 18.2 Å². The van der Waals surface area contributed by atoms with Gasteiger partial charge in [-0.3, -0.25) is 4.79 Å². The van der Waals surface area contributed by atoms with E-state index in [4.69, 9.17) is 14.2 Å². The van der Waals surface area contributed by atoms with Gasteiger partial charge in [0.1, 0.15) is 16.6 Å². The molecule has 0 saturated carbocycles. The van der Waals surface area contributed by atoms with Crippen molar-refractivity contribution >= 4 is 34.3 Å². The van der Waals surface area contributed by atoms with E-state index in [-0.39, 0.29) is 5.57 Å². The predicted octanol–water partition coefficient (Wildman–Crippen LogP) is 4.37. The van der Waals surface area contributed by atoms with E-state index in [0.29, 0.717) is 34.2 Å². The second kappa shape index (κ2) is 10.1. The number of amides is 1. The van der Waals surface area contributed by atoms with Crippen LogP contribution in [0.3, 0.4) is 0 Å². The summed E-state index contributed by atoms with van der Waals surface area (Å²) in [5.41, 5.74) is 1.87. The molecule has 3 rings (SSSR count). The summed E-state index contributed by atoms with van der Waals surface area (Å²) in [6.45, 7) is 2.36. The Hall–Kier alpha value is -3.31. The van der Waals surface area contributed by atoms with Crippen molar-refractivity contribution < 1.29 is 23.8 Å². The number of ether oxygens (including phenoxy) is 3. The highest BCUT2D eigenvalue weighted by Crippen LogP contribution is 2.38. The van der Waals surface area contributed by atoms with Crippen LogP contribution in [-0.2, 0) is 22.4 Å². The third kappa shape index (κ3) is 4.89. The summed E-state index contributed by atoms with van der Waals surface area (Å²) in [5, 5.41) is 12.7. The zero-order chi connectivity index (χ0) is 22.4. The van der Waals surface area contributed by atoms with Crippen molar-refractivity contribution in [3.63, 3.8) is 0 Å². The average Bonchev–Trinajstić information content (AvgIpc) is 3.15. The number of esters is 1. The summed E-state index contributed by atoms with van der Waals surface area (Å²) >= 11 is 1.38. The molecule has 8 heteroatoms. The Labute approximate surface area is 185 Å². The smallest absolute Gasteiger partial charge is 0.341 e. The van der Waals surface area contributed by atoms with Crippen molar-refractivity contribution in [3.05, 3.63) is 45.3 Å². The standard InChI is InChI=1S/C23H24N2O5S/c1-4-30-17-10-9-14(12-18(17)28-2)11-15(13-24)21(26)25-22-20(23(27)29-3)16-7-5-6-8-19(16)31-22/h9-12H,4-8H2,1-3H3,(H,25,26)/b15-11+. The van der Waals surface area contributed by atoms with Crippen LogP contribution >= 0.6 is 11.3 Å². The molecule has 1 amide bonds. The van der Waals surface area contributed by atoms with Crippen LogP contribution in [0, 0.1) is 11.3 Å². The second-order valence-electron chi connectivity index (χ2n) is 6.87. The van der Waals surface area contributed by atoms with Crippen molar-refractivity contribution in [2.75, 3.05) is 26.1 Å². The molecule has 0 unspecified atom stereocenters. The maximum Gasteiger partial charge on any atom is 0.341 e. The lowest BCUT2D eigenvalue weighted by atomic mass is 9.95. The summed E-state index contributed by atoms with van der Waals surface area (Å²) in [5.74, 6) is 0.0248. The second-order valence-corrected chi connectivity index (χ2v) is 7.98. The molecule has 1 aliphatic carbocycles. The normalized spacial score (nSPS) is 13.0. The molecule has 2 aromatic rings. The Kier molecular flexibility index (Phi) is 7.32. The van der Waals surface area contributed by atoms with Crippen LogP contribution in [0.1, 0.15) is 46.1 Å². The molecule has 0 atom stereocenters. The van der Waals surface area contributed by atoms with Crippen LogP contribution < -0.4 is 14.8 Å². The number of anilines is 1. The van der Waals surface area contributed by atoms with Gasteiger partial charge < -0.3 is 19.5 Å². The number of aryl methyl sites for hydroxylation is 1. The van der Waals surface area contributed by atoms with E-state index in [9.17, 15) is 14.9 Å². The minimum atomic E-state index is -0.584. The Balaban J connectivity index is 1.90. The molecule has 31 heavy (non-hydrogen) atoms. The number of fused-ring (bicyclic) bond motifs is 1. The van der Waals surface area contributed by atoms with Crippen molar-refractivity contribution in [2.24, 2.45) is 0 Å². The number of nitriles is 1. The predicted molar refractivity (Wildman–Crippen MR) is 119 cm³/mol. The third-order valence-corrected chi connectivity index (χ3v) is 6.16. The van der Waals surface area contributed by atoms with Crippen molar-refractivity contribution in [3.8, 4) is 17.6 Å². The van der Waals surface area contributed by atoms with Gasteiger partial charge in [0.25, 0.3) is 5.91 Å². The summed E-state index contributed by atoms with van der Waals surface area (Å²) in [7, 11) is 2.84. The summed E-state index contributed by atoms with van der Waals surface area (Å²) in [6.07, 6.45) is 5.15. The Morgan fingerprint density at radius 1 is 1.23 bits per heavy atom. The van der Waals surface area contributed by atoms with E-state index in [0.717, 1.165) is 36.1 Å². The van der Waals surface area contributed by atoms with Gasteiger partial charge in [-0.2, -0.15) is 5.26 Å². The molecular weight excluding hydrogens is 416 g/mol. The highest BCUT2D eigenvalue weighted by molar-refractivity contribution is 7.17. The molecule has 1 aliphatic rings. The van der Waals surface area contributed by atoms with Crippen LogP contribution in [-0.4, -0.2) is 32.7 Å². The fourth-order valence-electron chi connectivity index (χ4n) is 3.51. The first-order chi connectivity index (χ1) is 15.0. The average molecular weight is 441 g/mol. The minimum absolute atomic E-state index is 0.0894. The van der Waals surface area contributed by atoms with E-state index in [1.165, 1.54) is 31.6 Å². The maximum absolute atomic E-state index is 12.8. The van der Waals surface area contributed by atoms with Gasteiger partial charge in [-0.1, -0.05) is 6.07 Å². The summed E-state index contributed by atoms with van der Waals surface area (Å²) in [4.78, 5) is 26.3. The van der Waals surface area contributed by atoms with E-state index in [2.05, 4.69) is 5.32 Å². The maximum atomic E-state index is 12.8. The van der Waals surface area contributed by atoms with Gasteiger partial charge in [0.15, 0.2) is 11.5 Å². The highest BCUT2D eigenvalue weighted by Gasteiger charge is 2.27. The molecule has 0 aliphatic heterocycles. The number of carbonyl (C=O) groups is 2. The van der Waals surface area contributed by atoms with Crippen molar-refractivity contribution in [1.29, 1.82) is 5.26 Å². The fraction of sp³-hybridized carbons (Fsp3) is 0.348. The molecule has 0 fully saturated rings.